The molecule has 0 fully saturated rings. The minimum absolute atomic E-state index is 0.249. The van der Waals surface area contributed by atoms with Crippen LogP contribution in [0.4, 0.5) is 42.9 Å². The number of para-hydroxylation sites is 2. The third-order valence-corrected chi connectivity index (χ3v) is 12.4. The van der Waals surface area contributed by atoms with E-state index < -0.39 is 0 Å². The van der Waals surface area contributed by atoms with Crippen LogP contribution in [-0.4, -0.2) is 0 Å². The second kappa shape index (κ2) is 12.8. The van der Waals surface area contributed by atoms with E-state index >= 15 is 0 Å². The Morgan fingerprint density at radius 2 is 0.732 bits per heavy atom. The number of hydrogen-bond acceptors (Lipinski definition) is 2. The summed E-state index contributed by atoms with van der Waals surface area (Å²) in [5, 5.41) is 0. The van der Waals surface area contributed by atoms with E-state index in [0.29, 0.717) is 0 Å². The Labute approximate surface area is 329 Å². The van der Waals surface area contributed by atoms with Crippen molar-refractivity contribution in [3.63, 3.8) is 0 Å². The fourth-order valence-corrected chi connectivity index (χ4v) is 9.50. The lowest BCUT2D eigenvalue weighted by Crippen LogP contribution is -2.18. The van der Waals surface area contributed by atoms with Gasteiger partial charge in [0.05, 0.1) is 0 Å². The molecule has 0 unspecified atom stereocenters. The standard InChI is InChI=1S/C52H46F2N2/c1-31-13-9-11-15-47(31)55(37-21-17-35(53)18-22-37)39-25-33(3)49-41-29-44-42(30-43(41)51(5,6)45(49)27-39)50-34(4)26-40(28-46(50)52(44,7)8)56(38-23-19-36(54)20-24-38)48-16-12-10-14-32(48)2/h9-30H,1-8H3. The van der Waals surface area contributed by atoms with E-state index in [2.05, 4.69) is 150 Å². The predicted octanol–water partition coefficient (Wildman–Crippen LogP) is 14.8. The molecule has 0 radical (unpaired) electrons. The smallest absolute Gasteiger partial charge is 0.123 e. The number of aryl methyl sites for hydroxylation is 4. The summed E-state index contributed by atoms with van der Waals surface area (Å²) in [7, 11) is 0. The first-order valence-electron chi connectivity index (χ1n) is 19.5. The van der Waals surface area contributed by atoms with Gasteiger partial charge < -0.3 is 9.80 Å². The van der Waals surface area contributed by atoms with Gasteiger partial charge in [0.15, 0.2) is 0 Å². The van der Waals surface area contributed by atoms with Crippen molar-refractivity contribution >= 4 is 34.1 Å². The van der Waals surface area contributed by atoms with Crippen LogP contribution in [0.3, 0.4) is 0 Å². The minimum Gasteiger partial charge on any atom is -0.310 e. The van der Waals surface area contributed by atoms with Gasteiger partial charge in [0.25, 0.3) is 0 Å². The lowest BCUT2D eigenvalue weighted by atomic mass is 9.79. The van der Waals surface area contributed by atoms with Crippen LogP contribution in [0.15, 0.2) is 133 Å². The highest BCUT2D eigenvalue weighted by molar-refractivity contribution is 5.94. The molecule has 0 atom stereocenters. The highest BCUT2D eigenvalue weighted by Crippen LogP contribution is 2.59. The van der Waals surface area contributed by atoms with E-state index in [-0.39, 0.29) is 22.5 Å². The average molecular weight is 737 g/mol. The number of benzene rings is 7. The quantitative estimate of drug-likeness (QED) is 0.168. The van der Waals surface area contributed by atoms with Crippen molar-refractivity contribution in [2.75, 3.05) is 9.80 Å². The van der Waals surface area contributed by atoms with Crippen molar-refractivity contribution in [2.24, 2.45) is 0 Å². The first kappa shape index (κ1) is 35.7. The molecular formula is C52H46F2N2. The second-order valence-electron chi connectivity index (χ2n) is 16.8. The molecule has 278 valence electrons. The summed E-state index contributed by atoms with van der Waals surface area (Å²) in [5.74, 6) is -0.499. The van der Waals surface area contributed by atoms with Crippen molar-refractivity contribution in [3.8, 4) is 22.3 Å². The molecule has 0 N–H and O–H groups in total. The van der Waals surface area contributed by atoms with Gasteiger partial charge in [0.1, 0.15) is 11.6 Å². The van der Waals surface area contributed by atoms with E-state index in [1.165, 1.54) is 79.9 Å². The lowest BCUT2D eigenvalue weighted by Gasteiger charge is -2.30. The maximum Gasteiger partial charge on any atom is 0.123 e. The number of halogens is 2. The summed E-state index contributed by atoms with van der Waals surface area (Å²) in [6, 6.07) is 44.6. The summed E-state index contributed by atoms with van der Waals surface area (Å²) in [4.78, 5) is 4.52. The summed E-state index contributed by atoms with van der Waals surface area (Å²) >= 11 is 0. The Morgan fingerprint density at radius 3 is 1.09 bits per heavy atom. The molecule has 0 amide bonds. The summed E-state index contributed by atoms with van der Waals surface area (Å²) in [6.07, 6.45) is 0. The van der Waals surface area contributed by atoms with Crippen LogP contribution in [-0.2, 0) is 10.8 Å². The molecule has 0 aromatic heterocycles. The monoisotopic (exact) mass is 736 g/mol. The van der Waals surface area contributed by atoms with Crippen LogP contribution >= 0.6 is 0 Å². The largest absolute Gasteiger partial charge is 0.310 e. The predicted molar refractivity (Wildman–Crippen MR) is 230 cm³/mol. The molecule has 7 aromatic carbocycles. The highest BCUT2D eigenvalue weighted by Gasteiger charge is 2.43. The normalized spacial score (nSPS) is 14.2. The fraction of sp³-hybridized carbons (Fsp3) is 0.192. The number of hydrogen-bond donors (Lipinski definition) is 0. The maximum atomic E-state index is 14.2. The third-order valence-electron chi connectivity index (χ3n) is 12.4. The van der Waals surface area contributed by atoms with Gasteiger partial charge in [-0.15, -0.1) is 0 Å². The SMILES string of the molecule is Cc1ccccc1N(c1ccc(F)cc1)c1cc(C)c2c(c1)C(C)(C)c1cc3c(cc1-2)C(C)(C)c1cc(N(c2ccc(F)cc2)c2ccccc2C)cc(C)c1-3. The van der Waals surface area contributed by atoms with Gasteiger partial charge in [-0.1, -0.05) is 64.1 Å². The zero-order valence-corrected chi connectivity index (χ0v) is 33.4. The molecule has 9 rings (SSSR count). The third kappa shape index (κ3) is 5.41. The molecule has 0 saturated carbocycles. The van der Waals surface area contributed by atoms with Crippen LogP contribution in [0.1, 0.15) is 72.2 Å². The zero-order chi connectivity index (χ0) is 39.3. The van der Waals surface area contributed by atoms with Gasteiger partial charge in [0, 0.05) is 45.0 Å². The molecular weight excluding hydrogens is 691 g/mol. The molecule has 2 nitrogen and oxygen atoms in total. The lowest BCUT2D eigenvalue weighted by molar-refractivity contribution is 0.627. The molecule has 0 heterocycles. The number of rotatable bonds is 6. The zero-order valence-electron chi connectivity index (χ0n) is 33.4. The highest BCUT2D eigenvalue weighted by atomic mass is 19.1. The van der Waals surface area contributed by atoms with Crippen LogP contribution in [0.25, 0.3) is 22.3 Å². The van der Waals surface area contributed by atoms with E-state index in [4.69, 9.17) is 0 Å². The topological polar surface area (TPSA) is 6.48 Å². The van der Waals surface area contributed by atoms with Gasteiger partial charge in [-0.2, -0.15) is 0 Å². The summed E-state index contributed by atoms with van der Waals surface area (Å²) in [5.41, 5.74) is 20.7. The maximum absolute atomic E-state index is 14.2. The van der Waals surface area contributed by atoms with Crippen LogP contribution in [0.5, 0.6) is 0 Å². The first-order valence-corrected chi connectivity index (χ1v) is 19.5. The van der Waals surface area contributed by atoms with Crippen molar-refractivity contribution in [2.45, 2.75) is 66.2 Å². The second-order valence-corrected chi connectivity index (χ2v) is 16.8. The van der Waals surface area contributed by atoms with Crippen LogP contribution < -0.4 is 9.80 Å². The molecule has 2 aliphatic rings. The molecule has 4 heteroatoms. The van der Waals surface area contributed by atoms with Gasteiger partial charge in [-0.3, -0.25) is 0 Å². The van der Waals surface area contributed by atoms with Crippen LogP contribution in [0.2, 0.25) is 0 Å². The molecule has 0 aliphatic heterocycles. The number of anilines is 6. The Balaban J connectivity index is 1.19. The first-order chi connectivity index (χ1) is 26.8. The van der Waals surface area contributed by atoms with E-state index in [9.17, 15) is 8.78 Å². The molecule has 0 spiro atoms. The molecule has 56 heavy (non-hydrogen) atoms. The Bertz CT molecular complexity index is 2520. The molecule has 7 aromatic rings. The Kier molecular flexibility index (Phi) is 8.14. The summed E-state index contributed by atoms with van der Waals surface area (Å²) in [6.45, 7) is 18.1. The van der Waals surface area contributed by atoms with Gasteiger partial charge in [0.2, 0.25) is 0 Å². The van der Waals surface area contributed by atoms with Crippen LogP contribution in [0, 0.1) is 39.3 Å². The minimum atomic E-state index is -0.272. The van der Waals surface area contributed by atoms with E-state index in [1.54, 1.807) is 0 Å². The number of nitrogens with zero attached hydrogens (tertiary/aromatic N) is 2. The molecule has 0 bridgehead atoms. The Morgan fingerprint density at radius 1 is 0.375 bits per heavy atom. The van der Waals surface area contributed by atoms with Crippen molar-refractivity contribution in [1.82, 2.24) is 0 Å². The van der Waals surface area contributed by atoms with Crippen molar-refractivity contribution in [1.29, 1.82) is 0 Å². The van der Waals surface area contributed by atoms with Gasteiger partial charge in [-0.05, 0) is 192 Å². The van der Waals surface area contributed by atoms with Crippen molar-refractivity contribution < 1.29 is 8.78 Å². The summed E-state index contributed by atoms with van der Waals surface area (Å²) < 4.78 is 28.4. The van der Waals surface area contributed by atoms with E-state index in [1.807, 2.05) is 24.3 Å². The molecule has 2 aliphatic carbocycles. The fourth-order valence-electron chi connectivity index (χ4n) is 9.50. The van der Waals surface area contributed by atoms with Gasteiger partial charge in [-0.25, -0.2) is 8.78 Å². The van der Waals surface area contributed by atoms with E-state index in [0.717, 1.165) is 45.3 Å². The average Bonchev–Trinajstić information content (AvgIpc) is 3.53. The molecule has 0 saturated heterocycles. The number of fused-ring (bicyclic) bond motifs is 6. The Hall–Kier alpha value is -6.00. The van der Waals surface area contributed by atoms with Crippen molar-refractivity contribution in [3.05, 3.63) is 190 Å². The van der Waals surface area contributed by atoms with Gasteiger partial charge >= 0.3 is 0 Å².